The SMILES string of the molecule is CN1Cc2ccccc2CC2(CCN(Cc3ccco3)CC2)C1=O.O=C(O)C(F)(F)F. The van der Waals surface area contributed by atoms with E-state index in [1.807, 2.05) is 24.1 Å². The summed E-state index contributed by atoms with van der Waals surface area (Å²) in [5.74, 6) is -1.44. The van der Waals surface area contributed by atoms with Crippen molar-refractivity contribution in [3.05, 3.63) is 59.5 Å². The fourth-order valence-electron chi connectivity index (χ4n) is 4.21. The van der Waals surface area contributed by atoms with Crippen LogP contribution >= 0.6 is 0 Å². The molecular weight excluding hydrogens is 413 g/mol. The Bertz CT molecular complexity index is 904. The molecule has 168 valence electrons. The molecule has 31 heavy (non-hydrogen) atoms. The zero-order valence-corrected chi connectivity index (χ0v) is 17.2. The summed E-state index contributed by atoms with van der Waals surface area (Å²) in [7, 11) is 1.95. The van der Waals surface area contributed by atoms with Gasteiger partial charge in [0, 0.05) is 13.6 Å². The van der Waals surface area contributed by atoms with Crippen molar-refractivity contribution in [1.82, 2.24) is 9.80 Å². The molecule has 0 atom stereocenters. The van der Waals surface area contributed by atoms with E-state index in [0.717, 1.165) is 51.2 Å². The summed E-state index contributed by atoms with van der Waals surface area (Å²) < 4.78 is 37.2. The van der Waals surface area contributed by atoms with Crippen molar-refractivity contribution in [3.63, 3.8) is 0 Å². The van der Waals surface area contributed by atoms with Crippen LogP contribution in [0.4, 0.5) is 13.2 Å². The van der Waals surface area contributed by atoms with E-state index in [0.29, 0.717) is 5.91 Å². The zero-order chi connectivity index (χ0) is 22.6. The van der Waals surface area contributed by atoms with Crippen molar-refractivity contribution in [3.8, 4) is 0 Å². The van der Waals surface area contributed by atoms with Crippen LogP contribution in [-0.2, 0) is 29.1 Å². The van der Waals surface area contributed by atoms with E-state index in [1.54, 1.807) is 6.26 Å². The van der Waals surface area contributed by atoms with Gasteiger partial charge in [0.25, 0.3) is 0 Å². The van der Waals surface area contributed by atoms with Gasteiger partial charge in [0.1, 0.15) is 5.76 Å². The van der Waals surface area contributed by atoms with Crippen LogP contribution in [0.15, 0.2) is 47.1 Å². The number of rotatable bonds is 2. The Morgan fingerprint density at radius 2 is 1.74 bits per heavy atom. The van der Waals surface area contributed by atoms with Crippen molar-refractivity contribution in [2.45, 2.75) is 38.5 Å². The minimum Gasteiger partial charge on any atom is -0.475 e. The fraction of sp³-hybridized carbons (Fsp3) is 0.455. The quantitative estimate of drug-likeness (QED) is 0.774. The summed E-state index contributed by atoms with van der Waals surface area (Å²) in [4.78, 5) is 26.3. The molecule has 1 fully saturated rings. The molecule has 0 bridgehead atoms. The number of hydrogen-bond donors (Lipinski definition) is 1. The third-order valence-corrected chi connectivity index (χ3v) is 5.87. The number of carboxylic acid groups (broad SMARTS) is 1. The van der Waals surface area contributed by atoms with Crippen LogP contribution in [-0.4, -0.2) is 53.1 Å². The molecule has 1 aromatic carbocycles. The Morgan fingerprint density at radius 3 is 2.29 bits per heavy atom. The Hall–Kier alpha value is -2.81. The third-order valence-electron chi connectivity index (χ3n) is 5.87. The van der Waals surface area contributed by atoms with Crippen molar-refractivity contribution < 1.29 is 32.3 Å². The Labute approximate surface area is 178 Å². The molecular formula is C22H25F3N2O4. The second-order valence-corrected chi connectivity index (χ2v) is 8.05. The summed E-state index contributed by atoms with van der Waals surface area (Å²) in [6, 6.07) is 12.5. The maximum absolute atomic E-state index is 13.1. The lowest BCUT2D eigenvalue weighted by molar-refractivity contribution is -0.192. The summed E-state index contributed by atoms with van der Waals surface area (Å²) >= 11 is 0. The van der Waals surface area contributed by atoms with E-state index in [9.17, 15) is 18.0 Å². The van der Waals surface area contributed by atoms with Gasteiger partial charge in [-0.2, -0.15) is 13.2 Å². The molecule has 6 nitrogen and oxygen atoms in total. The van der Waals surface area contributed by atoms with Gasteiger partial charge in [0.05, 0.1) is 18.2 Å². The Kier molecular flexibility index (Phi) is 6.74. The molecule has 3 heterocycles. The van der Waals surface area contributed by atoms with E-state index < -0.39 is 12.1 Å². The molecule has 0 saturated carbocycles. The van der Waals surface area contributed by atoms with E-state index in [2.05, 4.69) is 29.2 Å². The number of aliphatic carboxylic acids is 1. The molecule has 1 saturated heterocycles. The number of nitrogens with zero attached hydrogens (tertiary/aromatic N) is 2. The predicted molar refractivity (Wildman–Crippen MR) is 106 cm³/mol. The van der Waals surface area contributed by atoms with Gasteiger partial charge in [0.2, 0.25) is 5.91 Å². The van der Waals surface area contributed by atoms with Crippen LogP contribution in [0.2, 0.25) is 0 Å². The maximum Gasteiger partial charge on any atom is 0.490 e. The number of fused-ring (bicyclic) bond motifs is 1. The summed E-state index contributed by atoms with van der Waals surface area (Å²) in [5, 5.41) is 7.12. The highest BCUT2D eigenvalue weighted by molar-refractivity contribution is 5.83. The molecule has 0 aliphatic carbocycles. The van der Waals surface area contributed by atoms with E-state index in [1.165, 1.54) is 11.1 Å². The van der Waals surface area contributed by atoms with Gasteiger partial charge in [-0.1, -0.05) is 24.3 Å². The molecule has 0 unspecified atom stereocenters. The molecule has 4 rings (SSSR count). The largest absolute Gasteiger partial charge is 0.490 e. The number of alkyl halides is 3. The van der Waals surface area contributed by atoms with Crippen molar-refractivity contribution in [2.24, 2.45) is 5.41 Å². The normalized spacial score (nSPS) is 18.7. The average molecular weight is 438 g/mol. The first kappa shape index (κ1) is 22.9. The fourth-order valence-corrected chi connectivity index (χ4v) is 4.21. The number of hydrogen-bond acceptors (Lipinski definition) is 4. The topological polar surface area (TPSA) is 74.0 Å². The Morgan fingerprint density at radius 1 is 1.13 bits per heavy atom. The number of amides is 1. The first-order valence-electron chi connectivity index (χ1n) is 9.98. The molecule has 9 heteroatoms. The predicted octanol–water partition coefficient (Wildman–Crippen LogP) is 3.71. The molecule has 1 spiro atoms. The van der Waals surface area contributed by atoms with Crippen LogP contribution in [0.5, 0.6) is 0 Å². The molecule has 2 aliphatic rings. The summed E-state index contributed by atoms with van der Waals surface area (Å²) in [6.07, 6.45) is -0.640. The minimum atomic E-state index is -5.08. The van der Waals surface area contributed by atoms with Gasteiger partial charge in [-0.05, 0) is 55.6 Å². The highest BCUT2D eigenvalue weighted by Crippen LogP contribution is 2.40. The molecule has 2 aromatic rings. The van der Waals surface area contributed by atoms with Gasteiger partial charge in [-0.25, -0.2) is 4.79 Å². The highest BCUT2D eigenvalue weighted by atomic mass is 19.4. The van der Waals surface area contributed by atoms with Crippen LogP contribution in [0.1, 0.15) is 29.7 Å². The lowest BCUT2D eigenvalue weighted by Gasteiger charge is -2.41. The highest BCUT2D eigenvalue weighted by Gasteiger charge is 2.44. The summed E-state index contributed by atoms with van der Waals surface area (Å²) in [5.41, 5.74) is 2.40. The van der Waals surface area contributed by atoms with Gasteiger partial charge in [0.15, 0.2) is 0 Å². The van der Waals surface area contributed by atoms with Crippen LogP contribution < -0.4 is 0 Å². The molecule has 2 aliphatic heterocycles. The average Bonchev–Trinajstić information content (AvgIpc) is 3.20. The number of carbonyl (C=O) groups excluding carboxylic acids is 1. The molecule has 1 N–H and O–H groups in total. The monoisotopic (exact) mass is 438 g/mol. The van der Waals surface area contributed by atoms with E-state index in [4.69, 9.17) is 14.3 Å². The van der Waals surface area contributed by atoms with Crippen LogP contribution in [0.25, 0.3) is 0 Å². The number of likely N-dealkylation sites (tertiary alicyclic amines) is 1. The van der Waals surface area contributed by atoms with Gasteiger partial charge < -0.3 is 14.4 Å². The lowest BCUT2D eigenvalue weighted by Crippen LogP contribution is -2.49. The van der Waals surface area contributed by atoms with Gasteiger partial charge >= 0.3 is 12.1 Å². The molecule has 0 radical (unpaired) electrons. The Balaban J connectivity index is 0.000000339. The van der Waals surface area contributed by atoms with Gasteiger partial charge in [-0.15, -0.1) is 0 Å². The number of benzene rings is 1. The number of carboxylic acids is 1. The smallest absolute Gasteiger partial charge is 0.475 e. The third kappa shape index (κ3) is 5.46. The van der Waals surface area contributed by atoms with Gasteiger partial charge in [-0.3, -0.25) is 9.69 Å². The first-order chi connectivity index (χ1) is 14.6. The second kappa shape index (κ2) is 9.13. The lowest BCUT2D eigenvalue weighted by atomic mass is 9.73. The second-order valence-electron chi connectivity index (χ2n) is 8.05. The van der Waals surface area contributed by atoms with Crippen molar-refractivity contribution in [1.29, 1.82) is 0 Å². The number of halogens is 3. The minimum absolute atomic E-state index is 0.235. The van der Waals surface area contributed by atoms with Crippen LogP contribution in [0.3, 0.4) is 0 Å². The summed E-state index contributed by atoms with van der Waals surface area (Å²) in [6.45, 7) is 3.46. The number of piperidine rings is 1. The zero-order valence-electron chi connectivity index (χ0n) is 17.2. The maximum atomic E-state index is 13.1. The van der Waals surface area contributed by atoms with Crippen LogP contribution in [0, 0.1) is 5.41 Å². The standard InChI is InChI=1S/C20H24N2O2.C2HF3O2/c1-21-14-17-6-3-2-5-16(17)13-20(19(21)23)8-10-22(11-9-20)15-18-7-4-12-24-18;3-2(4,5)1(6)7/h2-7,12H,8-11,13-15H2,1H3;(H,6,7). The van der Waals surface area contributed by atoms with E-state index >= 15 is 0 Å². The number of carbonyl (C=O) groups is 2. The van der Waals surface area contributed by atoms with Crippen molar-refractivity contribution >= 4 is 11.9 Å². The van der Waals surface area contributed by atoms with E-state index in [-0.39, 0.29) is 5.41 Å². The van der Waals surface area contributed by atoms with Crippen molar-refractivity contribution in [2.75, 3.05) is 20.1 Å². The molecule has 1 amide bonds. The first-order valence-corrected chi connectivity index (χ1v) is 9.98. The molecule has 1 aromatic heterocycles. The number of furan rings is 1.